The zero-order chi connectivity index (χ0) is 17.9. The Kier molecular flexibility index (Phi) is 5.54. The molecule has 0 saturated carbocycles. The Morgan fingerprint density at radius 3 is 2.46 bits per heavy atom. The monoisotopic (exact) mass is 332 g/mol. The molecule has 2 rings (SSSR count). The van der Waals surface area contributed by atoms with Crippen LogP contribution in [0.25, 0.3) is 11.0 Å². The van der Waals surface area contributed by atoms with Crippen LogP contribution >= 0.6 is 0 Å². The van der Waals surface area contributed by atoms with Crippen LogP contribution in [-0.2, 0) is 16.1 Å². The van der Waals surface area contributed by atoms with Crippen molar-refractivity contribution in [2.45, 2.75) is 53.2 Å². The van der Waals surface area contributed by atoms with Crippen LogP contribution in [0.2, 0.25) is 0 Å². The lowest BCUT2D eigenvalue weighted by atomic mass is 10.2. The van der Waals surface area contributed by atoms with Gasteiger partial charge in [-0.15, -0.1) is 5.10 Å². The molecule has 0 aliphatic heterocycles. The molecular formula is C17H24N4O3. The number of nitrogens with zero attached hydrogens (tertiary/aromatic N) is 4. The van der Waals surface area contributed by atoms with E-state index in [4.69, 9.17) is 4.74 Å². The third-order valence-electron chi connectivity index (χ3n) is 3.78. The second-order valence-corrected chi connectivity index (χ2v) is 6.17. The van der Waals surface area contributed by atoms with Crippen LogP contribution in [0.15, 0.2) is 18.2 Å². The van der Waals surface area contributed by atoms with Crippen molar-refractivity contribution in [1.29, 1.82) is 0 Å². The van der Waals surface area contributed by atoms with Gasteiger partial charge in [-0.05, 0) is 52.8 Å². The van der Waals surface area contributed by atoms with E-state index in [0.29, 0.717) is 17.6 Å². The summed E-state index contributed by atoms with van der Waals surface area (Å²) < 4.78 is 6.92. The zero-order valence-corrected chi connectivity index (χ0v) is 14.8. The fourth-order valence-electron chi connectivity index (χ4n) is 2.79. The average molecular weight is 332 g/mol. The number of rotatable bonds is 6. The van der Waals surface area contributed by atoms with Gasteiger partial charge < -0.3 is 9.64 Å². The van der Waals surface area contributed by atoms with Crippen molar-refractivity contribution in [3.63, 3.8) is 0 Å². The summed E-state index contributed by atoms with van der Waals surface area (Å²) >= 11 is 0. The van der Waals surface area contributed by atoms with Crippen molar-refractivity contribution in [3.05, 3.63) is 23.8 Å². The maximum atomic E-state index is 12.2. The highest BCUT2D eigenvalue weighted by molar-refractivity contribution is 5.94. The second-order valence-electron chi connectivity index (χ2n) is 6.17. The predicted molar refractivity (Wildman–Crippen MR) is 90.6 cm³/mol. The summed E-state index contributed by atoms with van der Waals surface area (Å²) in [6.07, 6.45) is 0. The fourth-order valence-corrected chi connectivity index (χ4v) is 2.79. The molecule has 7 nitrogen and oxygen atoms in total. The lowest BCUT2D eigenvalue weighted by molar-refractivity contribution is -0.138. The van der Waals surface area contributed by atoms with Crippen LogP contribution in [0, 0.1) is 0 Å². The average Bonchev–Trinajstić information content (AvgIpc) is 2.94. The summed E-state index contributed by atoms with van der Waals surface area (Å²) in [4.78, 5) is 26.1. The van der Waals surface area contributed by atoms with Gasteiger partial charge in [0.25, 0.3) is 5.91 Å². The predicted octanol–water partition coefficient (Wildman–Crippen LogP) is 2.25. The second kappa shape index (κ2) is 7.42. The lowest BCUT2D eigenvalue weighted by Gasteiger charge is -2.30. The first-order chi connectivity index (χ1) is 11.3. The highest BCUT2D eigenvalue weighted by Gasteiger charge is 2.21. The van der Waals surface area contributed by atoms with Crippen molar-refractivity contribution in [3.8, 4) is 0 Å². The van der Waals surface area contributed by atoms with Gasteiger partial charge in [-0.25, -0.2) is 9.48 Å². The van der Waals surface area contributed by atoms with Crippen molar-refractivity contribution in [2.75, 3.05) is 6.61 Å². The summed E-state index contributed by atoms with van der Waals surface area (Å²) in [5.41, 5.74) is 1.85. The molecule has 0 saturated heterocycles. The maximum Gasteiger partial charge on any atom is 0.338 e. The van der Waals surface area contributed by atoms with E-state index in [2.05, 4.69) is 10.3 Å². The normalized spacial score (nSPS) is 11.3. The molecule has 0 radical (unpaired) electrons. The number of aryl methyl sites for hydroxylation is 1. The van der Waals surface area contributed by atoms with Crippen molar-refractivity contribution in [1.82, 2.24) is 19.9 Å². The molecule has 7 heteroatoms. The number of hydrogen-bond donors (Lipinski definition) is 0. The molecule has 0 spiro atoms. The van der Waals surface area contributed by atoms with E-state index < -0.39 is 5.97 Å². The van der Waals surface area contributed by atoms with Crippen LogP contribution in [0.1, 0.15) is 45.0 Å². The molecule has 1 amide bonds. The molecule has 0 aliphatic carbocycles. The van der Waals surface area contributed by atoms with E-state index in [-0.39, 0.29) is 24.6 Å². The minimum Gasteiger partial charge on any atom is -0.452 e. The molecule has 0 atom stereocenters. The first kappa shape index (κ1) is 17.9. The Morgan fingerprint density at radius 1 is 1.21 bits per heavy atom. The Balaban J connectivity index is 2.06. The van der Waals surface area contributed by atoms with Crippen molar-refractivity contribution >= 4 is 22.9 Å². The summed E-state index contributed by atoms with van der Waals surface area (Å²) in [7, 11) is 0. The Hall–Kier alpha value is -2.44. The highest BCUT2D eigenvalue weighted by Crippen LogP contribution is 2.14. The molecule has 0 aliphatic rings. The number of aromatic nitrogens is 3. The van der Waals surface area contributed by atoms with Gasteiger partial charge in [-0.1, -0.05) is 5.21 Å². The van der Waals surface area contributed by atoms with Gasteiger partial charge in [-0.2, -0.15) is 0 Å². The van der Waals surface area contributed by atoms with Gasteiger partial charge in [-0.3, -0.25) is 4.79 Å². The van der Waals surface area contributed by atoms with E-state index in [1.165, 1.54) is 0 Å². The summed E-state index contributed by atoms with van der Waals surface area (Å²) in [5, 5.41) is 8.04. The van der Waals surface area contributed by atoms with Crippen LogP contribution < -0.4 is 0 Å². The van der Waals surface area contributed by atoms with E-state index in [9.17, 15) is 9.59 Å². The Bertz CT molecular complexity index is 729. The molecule has 130 valence electrons. The van der Waals surface area contributed by atoms with E-state index >= 15 is 0 Å². The third kappa shape index (κ3) is 3.72. The Labute approximate surface area is 141 Å². The van der Waals surface area contributed by atoms with E-state index in [1.807, 2.05) is 34.6 Å². The van der Waals surface area contributed by atoms with Gasteiger partial charge >= 0.3 is 5.97 Å². The van der Waals surface area contributed by atoms with Crippen LogP contribution in [0.4, 0.5) is 0 Å². The van der Waals surface area contributed by atoms with Crippen molar-refractivity contribution < 1.29 is 14.3 Å². The number of benzene rings is 1. The lowest BCUT2D eigenvalue weighted by Crippen LogP contribution is -2.44. The largest absolute Gasteiger partial charge is 0.452 e. The standard InChI is InChI=1S/C17H24N4O3/c1-6-20-15-8-7-13(9-14(15)18-19-20)17(23)24-10-16(22)21(11(2)3)12(4)5/h7-9,11-12H,6,10H2,1-5H3. The number of esters is 1. The fraction of sp³-hybridized carbons (Fsp3) is 0.529. The Morgan fingerprint density at radius 2 is 1.88 bits per heavy atom. The van der Waals surface area contributed by atoms with Gasteiger partial charge in [0, 0.05) is 18.6 Å². The first-order valence-corrected chi connectivity index (χ1v) is 8.16. The first-order valence-electron chi connectivity index (χ1n) is 8.16. The molecule has 1 heterocycles. The molecule has 0 N–H and O–H groups in total. The number of ether oxygens (including phenoxy) is 1. The van der Waals surface area contributed by atoms with Crippen molar-refractivity contribution in [2.24, 2.45) is 0 Å². The smallest absolute Gasteiger partial charge is 0.338 e. The molecule has 2 aromatic rings. The quantitative estimate of drug-likeness (QED) is 0.758. The van der Waals surface area contributed by atoms with Gasteiger partial charge in [0.1, 0.15) is 5.52 Å². The molecular weight excluding hydrogens is 308 g/mol. The molecule has 0 unspecified atom stereocenters. The highest BCUT2D eigenvalue weighted by atomic mass is 16.5. The van der Waals surface area contributed by atoms with Crippen LogP contribution in [0.5, 0.6) is 0 Å². The molecule has 0 bridgehead atoms. The minimum atomic E-state index is -0.538. The van der Waals surface area contributed by atoms with Gasteiger partial charge in [0.2, 0.25) is 0 Å². The maximum absolute atomic E-state index is 12.2. The molecule has 24 heavy (non-hydrogen) atoms. The topological polar surface area (TPSA) is 77.3 Å². The van der Waals surface area contributed by atoms with E-state index in [1.54, 1.807) is 27.8 Å². The van der Waals surface area contributed by atoms with E-state index in [0.717, 1.165) is 5.52 Å². The van der Waals surface area contributed by atoms with Gasteiger partial charge in [0.05, 0.1) is 11.1 Å². The summed E-state index contributed by atoms with van der Waals surface area (Å²) in [6, 6.07) is 5.18. The zero-order valence-electron chi connectivity index (χ0n) is 14.8. The molecule has 1 aromatic carbocycles. The number of amides is 1. The summed E-state index contributed by atoms with van der Waals surface area (Å²) in [6.45, 7) is 10.1. The third-order valence-corrected chi connectivity index (χ3v) is 3.78. The van der Waals surface area contributed by atoms with Gasteiger partial charge in [0.15, 0.2) is 6.61 Å². The number of carbonyl (C=O) groups is 2. The molecule has 0 fully saturated rings. The minimum absolute atomic E-state index is 0.0524. The number of fused-ring (bicyclic) bond motifs is 1. The number of carbonyl (C=O) groups excluding carboxylic acids is 2. The van der Waals surface area contributed by atoms with Crippen LogP contribution in [-0.4, -0.2) is 50.5 Å². The molecule has 1 aromatic heterocycles. The summed E-state index contributed by atoms with van der Waals surface area (Å²) in [5.74, 6) is -0.741. The number of hydrogen-bond acceptors (Lipinski definition) is 5. The van der Waals surface area contributed by atoms with Crippen LogP contribution in [0.3, 0.4) is 0 Å². The SMILES string of the molecule is CCn1nnc2cc(C(=O)OCC(=O)N(C(C)C)C(C)C)ccc21.